The second-order valence-corrected chi connectivity index (χ2v) is 14.6. The normalized spacial score (nSPS) is 25.7. The summed E-state index contributed by atoms with van der Waals surface area (Å²) in [4.78, 5) is 82.2. The quantitative estimate of drug-likeness (QED) is 0.0562. The number of esters is 1. The molecular formula is C28H38N8O15P2. The van der Waals surface area contributed by atoms with Crippen LogP contribution in [0.15, 0.2) is 42.4 Å². The van der Waals surface area contributed by atoms with Gasteiger partial charge in [0, 0.05) is 31.9 Å². The van der Waals surface area contributed by atoms with Crippen LogP contribution in [-0.4, -0.2) is 104 Å². The zero-order valence-electron chi connectivity index (χ0n) is 27.8. The standard InChI is InChI=1S/C28H38N8O15P2/c1-2-3-5-15(37)6-4-7-21(38)50-24-18(49-27(23(24)39)36-14-33-22-25(30)31-13-32-26(22)36)12-47-53(44,45)51-16-10-20(35-9-8-19(29)34-28(35)40)48-17(16)11-46-52(41,42)43/h2,8-9,13-14,16-18,20,23-24,27,39H,1,3-7,10-12H2,(H,44,45)(H2,29,34,40)(H2,30,31,32)(H2,41,42,43)/t16-,17+,18+,20+,23+,24+,27+/m0/s1. The third-order valence-corrected chi connectivity index (χ3v) is 9.62. The van der Waals surface area contributed by atoms with Crippen molar-refractivity contribution in [2.45, 2.75) is 81.5 Å². The summed E-state index contributed by atoms with van der Waals surface area (Å²) < 4.78 is 59.2. The van der Waals surface area contributed by atoms with Crippen LogP contribution < -0.4 is 17.2 Å². The molecule has 2 aliphatic heterocycles. The van der Waals surface area contributed by atoms with Crippen molar-refractivity contribution in [2.75, 3.05) is 24.7 Å². The second-order valence-electron chi connectivity index (χ2n) is 11.9. The van der Waals surface area contributed by atoms with E-state index in [-0.39, 0.29) is 60.7 Å². The Bertz CT molecular complexity index is 1960. The molecule has 8 N–H and O–H groups in total. The SMILES string of the molecule is C=CCCC(=O)CCCC(=O)O[C@H]1[C@@H](O)[C@H](n2cnc3c(N)ncnc32)O[C@@H]1COP(=O)(O)O[C@H]1C[C@H](n2ccc(N)nc2=O)O[C@@H]1COP(=O)(O)O. The number of anilines is 2. The van der Waals surface area contributed by atoms with Crippen molar-refractivity contribution >= 4 is 50.2 Å². The average Bonchev–Trinajstić information content (AvgIpc) is 3.77. The third kappa shape index (κ3) is 10.4. The van der Waals surface area contributed by atoms with E-state index in [0.717, 1.165) is 10.9 Å². The maximum Gasteiger partial charge on any atom is 0.472 e. The smallest absolute Gasteiger partial charge is 0.457 e. The summed E-state index contributed by atoms with van der Waals surface area (Å²) in [5.74, 6) is -0.943. The molecule has 5 heterocycles. The highest BCUT2D eigenvalue weighted by molar-refractivity contribution is 7.47. The Labute approximate surface area is 299 Å². The fourth-order valence-electron chi connectivity index (χ4n) is 5.63. The number of phosphoric acid groups is 2. The van der Waals surface area contributed by atoms with Crippen LogP contribution in [0.25, 0.3) is 11.2 Å². The van der Waals surface area contributed by atoms with Crippen LogP contribution >= 0.6 is 15.6 Å². The number of phosphoric ester groups is 2. The molecule has 3 aromatic heterocycles. The highest BCUT2D eigenvalue weighted by atomic mass is 31.2. The van der Waals surface area contributed by atoms with Gasteiger partial charge in [-0.3, -0.25) is 32.3 Å². The minimum atomic E-state index is -5.13. The summed E-state index contributed by atoms with van der Waals surface area (Å²) in [6, 6.07) is 1.28. The number of carbonyl (C=O) groups excluding carboxylic acids is 2. The predicted octanol–water partition coefficient (Wildman–Crippen LogP) is 0.0223. The number of aliphatic hydroxyl groups excluding tert-OH is 1. The Hall–Kier alpha value is -3.99. The summed E-state index contributed by atoms with van der Waals surface area (Å²) in [6.45, 7) is 1.93. The minimum absolute atomic E-state index is 0.0327. The maximum atomic E-state index is 13.3. The molecule has 2 aliphatic rings. The number of hydrogen-bond acceptors (Lipinski definition) is 18. The molecule has 0 bridgehead atoms. The van der Waals surface area contributed by atoms with Gasteiger partial charge in [-0.05, 0) is 18.9 Å². The molecule has 53 heavy (non-hydrogen) atoms. The minimum Gasteiger partial charge on any atom is -0.457 e. The number of Topliss-reactive ketones (excluding diaryl/α,β-unsaturated/α-hetero) is 1. The highest BCUT2D eigenvalue weighted by Gasteiger charge is 2.49. The number of carbonyl (C=O) groups is 2. The fraction of sp³-hybridized carbons (Fsp3) is 0.536. The van der Waals surface area contributed by atoms with E-state index in [9.17, 15) is 43.3 Å². The lowest BCUT2D eigenvalue weighted by Gasteiger charge is -2.24. The van der Waals surface area contributed by atoms with E-state index in [1.807, 2.05) is 0 Å². The number of rotatable bonds is 18. The van der Waals surface area contributed by atoms with Gasteiger partial charge < -0.3 is 45.5 Å². The topological polar surface area (TPSA) is 335 Å². The van der Waals surface area contributed by atoms with Crippen LogP contribution in [0, 0.1) is 0 Å². The largest absolute Gasteiger partial charge is 0.472 e. The second kappa shape index (κ2) is 17.0. The number of nitrogens with two attached hydrogens (primary N) is 2. The molecule has 2 fully saturated rings. The first-order chi connectivity index (χ1) is 25.0. The van der Waals surface area contributed by atoms with E-state index in [2.05, 4.69) is 31.0 Å². The zero-order chi connectivity index (χ0) is 38.5. The average molecular weight is 789 g/mol. The third-order valence-electron chi connectivity index (χ3n) is 8.12. The molecule has 23 nitrogen and oxygen atoms in total. The Balaban J connectivity index is 1.30. The molecule has 0 saturated carbocycles. The van der Waals surface area contributed by atoms with Crippen LogP contribution in [0.5, 0.6) is 0 Å². The van der Waals surface area contributed by atoms with E-state index in [0.29, 0.717) is 6.42 Å². The first kappa shape index (κ1) is 40.2. The molecule has 0 spiro atoms. The van der Waals surface area contributed by atoms with Gasteiger partial charge in [-0.15, -0.1) is 6.58 Å². The molecule has 290 valence electrons. The van der Waals surface area contributed by atoms with Gasteiger partial charge in [0.2, 0.25) is 0 Å². The Morgan fingerprint density at radius 3 is 2.51 bits per heavy atom. The number of ether oxygens (including phenoxy) is 3. The number of ketones is 1. The van der Waals surface area contributed by atoms with Crippen molar-refractivity contribution in [3.63, 3.8) is 0 Å². The van der Waals surface area contributed by atoms with Crippen molar-refractivity contribution < 1.29 is 66.3 Å². The molecule has 3 aromatic rings. The molecule has 1 unspecified atom stereocenters. The number of allylic oxidation sites excluding steroid dienone is 1. The van der Waals surface area contributed by atoms with Crippen molar-refractivity contribution in [1.29, 1.82) is 0 Å². The Kier molecular flexibility index (Phi) is 12.9. The molecule has 0 radical (unpaired) electrons. The van der Waals surface area contributed by atoms with Gasteiger partial charge >= 0.3 is 27.3 Å². The highest BCUT2D eigenvalue weighted by Crippen LogP contribution is 2.50. The monoisotopic (exact) mass is 788 g/mol. The molecule has 0 aromatic carbocycles. The number of nitrogens with zero attached hydrogens (tertiary/aromatic N) is 6. The first-order valence-electron chi connectivity index (χ1n) is 16.0. The fourth-order valence-corrected chi connectivity index (χ4v) is 6.93. The van der Waals surface area contributed by atoms with Gasteiger partial charge in [0.15, 0.2) is 23.8 Å². The molecule has 0 aliphatic carbocycles. The van der Waals surface area contributed by atoms with Gasteiger partial charge in [-0.25, -0.2) is 28.9 Å². The molecule has 8 atom stereocenters. The number of aromatic nitrogens is 6. The lowest BCUT2D eigenvalue weighted by atomic mass is 10.1. The summed E-state index contributed by atoms with van der Waals surface area (Å²) in [7, 11) is -10.2. The van der Waals surface area contributed by atoms with E-state index in [1.54, 1.807) is 6.08 Å². The van der Waals surface area contributed by atoms with Crippen molar-refractivity contribution in [3.8, 4) is 0 Å². The van der Waals surface area contributed by atoms with Crippen LogP contribution in [0.4, 0.5) is 11.6 Å². The number of imidazole rings is 1. The van der Waals surface area contributed by atoms with E-state index in [1.165, 1.54) is 23.2 Å². The first-order valence-corrected chi connectivity index (χ1v) is 19.0. The molecule has 2 saturated heterocycles. The lowest BCUT2D eigenvalue weighted by Crippen LogP contribution is -2.38. The van der Waals surface area contributed by atoms with Gasteiger partial charge in [0.25, 0.3) is 0 Å². The maximum absolute atomic E-state index is 13.3. The Morgan fingerprint density at radius 1 is 1.04 bits per heavy atom. The van der Waals surface area contributed by atoms with Gasteiger partial charge in [-0.2, -0.15) is 4.98 Å². The predicted molar refractivity (Wildman–Crippen MR) is 178 cm³/mol. The summed E-state index contributed by atoms with van der Waals surface area (Å²) in [6.07, 6.45) is -4.14. The number of nitrogen functional groups attached to an aromatic ring is 2. The lowest BCUT2D eigenvalue weighted by molar-refractivity contribution is -0.156. The van der Waals surface area contributed by atoms with Crippen LogP contribution in [0.1, 0.15) is 51.0 Å². The van der Waals surface area contributed by atoms with Gasteiger partial charge in [0.1, 0.15) is 54.1 Å². The van der Waals surface area contributed by atoms with Crippen LogP contribution in [-0.2, 0) is 46.5 Å². The molecule has 0 amide bonds. The van der Waals surface area contributed by atoms with Crippen molar-refractivity contribution in [3.05, 3.63) is 48.1 Å². The van der Waals surface area contributed by atoms with Crippen molar-refractivity contribution in [1.82, 2.24) is 29.1 Å². The van der Waals surface area contributed by atoms with E-state index >= 15 is 0 Å². The molecule has 25 heteroatoms. The summed E-state index contributed by atoms with van der Waals surface area (Å²) in [5, 5.41) is 11.3. The van der Waals surface area contributed by atoms with Crippen LogP contribution in [0.2, 0.25) is 0 Å². The summed E-state index contributed by atoms with van der Waals surface area (Å²) >= 11 is 0. The Morgan fingerprint density at radius 2 is 1.79 bits per heavy atom. The number of fused-ring (bicyclic) bond motifs is 1. The van der Waals surface area contributed by atoms with Gasteiger partial charge in [0.05, 0.1) is 19.5 Å². The van der Waals surface area contributed by atoms with Crippen LogP contribution in [0.3, 0.4) is 0 Å². The number of hydrogen-bond donors (Lipinski definition) is 6. The van der Waals surface area contributed by atoms with E-state index < -0.39 is 83.5 Å². The molecule has 5 rings (SSSR count). The van der Waals surface area contributed by atoms with E-state index in [4.69, 9.17) is 34.7 Å². The summed E-state index contributed by atoms with van der Waals surface area (Å²) in [5.41, 5.74) is 10.9. The van der Waals surface area contributed by atoms with Crippen molar-refractivity contribution in [2.24, 2.45) is 0 Å². The zero-order valence-corrected chi connectivity index (χ0v) is 29.6. The van der Waals surface area contributed by atoms with Gasteiger partial charge in [-0.1, -0.05) is 6.08 Å². The number of aliphatic hydroxyl groups is 1. The molecular weight excluding hydrogens is 750 g/mol.